The second-order valence-corrected chi connectivity index (χ2v) is 4.57. The van der Waals surface area contributed by atoms with Crippen molar-refractivity contribution in [3.05, 3.63) is 64.2 Å². The maximum atomic E-state index is 11.9. The van der Waals surface area contributed by atoms with Crippen LogP contribution in [0.15, 0.2) is 42.5 Å². The molecule has 0 spiro atoms. The number of halogens is 1. The van der Waals surface area contributed by atoms with E-state index >= 15 is 0 Å². The van der Waals surface area contributed by atoms with Gasteiger partial charge in [-0.2, -0.15) is 10.5 Å². The molecule has 0 aliphatic heterocycles. The van der Waals surface area contributed by atoms with Crippen molar-refractivity contribution in [2.75, 3.05) is 6.61 Å². The summed E-state index contributed by atoms with van der Waals surface area (Å²) in [6.45, 7) is -0.169. The zero-order chi connectivity index (χ0) is 15.2. The molecule has 2 aromatic rings. The fraction of sp³-hybridized carbons (Fsp3) is 0.0625. The number of rotatable bonds is 4. The third kappa shape index (κ3) is 3.60. The van der Waals surface area contributed by atoms with Crippen molar-refractivity contribution in [2.45, 2.75) is 0 Å². The summed E-state index contributed by atoms with van der Waals surface area (Å²) < 4.78 is 5.35. The number of Topliss-reactive ketones (excluding diaryl/α,β-unsaturated/α-hetero) is 1. The Kier molecular flexibility index (Phi) is 4.56. The summed E-state index contributed by atoms with van der Waals surface area (Å²) >= 11 is 5.95. The number of nitriles is 2. The minimum absolute atomic E-state index is 0.169. The van der Waals surface area contributed by atoms with Gasteiger partial charge >= 0.3 is 0 Å². The van der Waals surface area contributed by atoms with E-state index in [1.807, 2.05) is 12.1 Å². The summed E-state index contributed by atoms with van der Waals surface area (Å²) in [4.78, 5) is 11.9. The van der Waals surface area contributed by atoms with E-state index in [2.05, 4.69) is 0 Å². The predicted molar refractivity (Wildman–Crippen MR) is 77.1 cm³/mol. The van der Waals surface area contributed by atoms with Crippen molar-refractivity contribution in [2.24, 2.45) is 0 Å². The highest BCUT2D eigenvalue weighted by Crippen LogP contribution is 2.25. The summed E-state index contributed by atoms with van der Waals surface area (Å²) in [5, 5.41) is 17.7. The van der Waals surface area contributed by atoms with E-state index in [-0.39, 0.29) is 17.4 Å². The predicted octanol–water partition coefficient (Wildman–Crippen LogP) is 3.35. The van der Waals surface area contributed by atoms with Gasteiger partial charge in [0.05, 0.1) is 28.3 Å². The number of nitrogens with zero attached hydrogens (tertiary/aromatic N) is 2. The Hall–Kier alpha value is -2.82. The summed E-state index contributed by atoms with van der Waals surface area (Å²) in [6, 6.07) is 14.8. The third-order valence-electron chi connectivity index (χ3n) is 2.76. The molecule has 0 heterocycles. The van der Waals surface area contributed by atoms with E-state index in [1.165, 1.54) is 6.07 Å². The Morgan fingerprint density at radius 3 is 2.24 bits per heavy atom. The standard InChI is InChI=1S/C16H9ClN2O2/c17-14-7-12(9-19)3-6-16(14)21-10-15(20)13-4-1-11(8-18)2-5-13/h1-7H,10H2. The number of hydrogen-bond donors (Lipinski definition) is 0. The number of ether oxygens (including phenoxy) is 1. The maximum Gasteiger partial charge on any atom is 0.200 e. The molecule has 0 aliphatic carbocycles. The van der Waals surface area contributed by atoms with Gasteiger partial charge in [-0.05, 0) is 42.5 Å². The molecule has 0 aromatic heterocycles. The lowest BCUT2D eigenvalue weighted by Gasteiger charge is -2.07. The lowest BCUT2D eigenvalue weighted by atomic mass is 10.1. The lowest BCUT2D eigenvalue weighted by Crippen LogP contribution is -2.11. The van der Waals surface area contributed by atoms with Crippen LogP contribution in [-0.4, -0.2) is 12.4 Å². The van der Waals surface area contributed by atoms with Crippen LogP contribution in [0.1, 0.15) is 21.5 Å². The van der Waals surface area contributed by atoms with Crippen molar-refractivity contribution in [1.29, 1.82) is 10.5 Å². The van der Waals surface area contributed by atoms with Crippen LogP contribution in [0.5, 0.6) is 5.75 Å². The molecule has 0 atom stereocenters. The first-order valence-corrected chi connectivity index (χ1v) is 6.37. The van der Waals surface area contributed by atoms with Crippen LogP contribution in [0.2, 0.25) is 5.02 Å². The van der Waals surface area contributed by atoms with Crippen LogP contribution in [-0.2, 0) is 0 Å². The molecule has 0 bridgehead atoms. The molecule has 0 saturated carbocycles. The highest BCUT2D eigenvalue weighted by molar-refractivity contribution is 6.32. The molecule has 5 heteroatoms. The quantitative estimate of drug-likeness (QED) is 0.811. The van der Waals surface area contributed by atoms with E-state index in [0.29, 0.717) is 22.4 Å². The van der Waals surface area contributed by atoms with Crippen LogP contribution in [0.25, 0.3) is 0 Å². The Morgan fingerprint density at radius 2 is 1.67 bits per heavy atom. The molecule has 2 rings (SSSR count). The molecule has 0 radical (unpaired) electrons. The molecule has 0 unspecified atom stereocenters. The summed E-state index contributed by atoms with van der Waals surface area (Å²) in [7, 11) is 0. The van der Waals surface area contributed by atoms with Gasteiger partial charge in [0.2, 0.25) is 0 Å². The largest absolute Gasteiger partial charge is 0.484 e. The highest BCUT2D eigenvalue weighted by atomic mass is 35.5. The monoisotopic (exact) mass is 296 g/mol. The fourth-order valence-corrected chi connectivity index (χ4v) is 1.88. The van der Waals surface area contributed by atoms with Crippen LogP contribution < -0.4 is 4.74 Å². The number of carbonyl (C=O) groups is 1. The molecule has 0 aliphatic rings. The van der Waals surface area contributed by atoms with Crippen LogP contribution >= 0.6 is 11.6 Å². The number of carbonyl (C=O) groups excluding carboxylic acids is 1. The smallest absolute Gasteiger partial charge is 0.200 e. The van der Waals surface area contributed by atoms with Crippen molar-refractivity contribution in [3.8, 4) is 17.9 Å². The van der Waals surface area contributed by atoms with E-state index in [0.717, 1.165) is 0 Å². The zero-order valence-corrected chi connectivity index (χ0v) is 11.6. The minimum Gasteiger partial charge on any atom is -0.484 e. The van der Waals surface area contributed by atoms with Crippen LogP contribution in [0.3, 0.4) is 0 Å². The fourth-order valence-electron chi connectivity index (χ4n) is 1.64. The van der Waals surface area contributed by atoms with Gasteiger partial charge in [0, 0.05) is 5.56 Å². The normalized spacial score (nSPS) is 9.48. The Bertz CT molecular complexity index is 755. The number of ketones is 1. The number of hydrogen-bond acceptors (Lipinski definition) is 4. The molecule has 4 nitrogen and oxygen atoms in total. The molecule has 2 aromatic carbocycles. The van der Waals surface area contributed by atoms with Gasteiger partial charge in [0.15, 0.2) is 12.4 Å². The second-order valence-electron chi connectivity index (χ2n) is 4.16. The van der Waals surface area contributed by atoms with Crippen LogP contribution in [0.4, 0.5) is 0 Å². The Labute approximate surface area is 126 Å². The van der Waals surface area contributed by atoms with Gasteiger partial charge in [-0.3, -0.25) is 4.79 Å². The van der Waals surface area contributed by atoms with Gasteiger partial charge in [-0.25, -0.2) is 0 Å². The summed E-state index contributed by atoms with van der Waals surface area (Å²) in [5.74, 6) is 0.123. The first kappa shape index (κ1) is 14.6. The SMILES string of the molecule is N#Cc1ccc(C(=O)COc2ccc(C#N)cc2Cl)cc1. The van der Waals surface area contributed by atoms with Crippen molar-refractivity contribution in [1.82, 2.24) is 0 Å². The molecular formula is C16H9ClN2O2. The van der Waals surface area contributed by atoms with Crippen LogP contribution in [0, 0.1) is 22.7 Å². The van der Waals surface area contributed by atoms with Crippen molar-refractivity contribution >= 4 is 17.4 Å². The third-order valence-corrected chi connectivity index (χ3v) is 3.05. The van der Waals surface area contributed by atoms with E-state index in [4.69, 9.17) is 26.9 Å². The molecular weight excluding hydrogens is 288 g/mol. The van der Waals surface area contributed by atoms with Gasteiger partial charge < -0.3 is 4.74 Å². The highest BCUT2D eigenvalue weighted by Gasteiger charge is 2.09. The van der Waals surface area contributed by atoms with Crippen molar-refractivity contribution in [3.63, 3.8) is 0 Å². The van der Waals surface area contributed by atoms with Crippen molar-refractivity contribution < 1.29 is 9.53 Å². The summed E-state index contributed by atoms with van der Waals surface area (Å²) in [6.07, 6.45) is 0. The van der Waals surface area contributed by atoms with E-state index in [1.54, 1.807) is 36.4 Å². The molecule has 0 N–H and O–H groups in total. The molecule has 0 amide bonds. The minimum atomic E-state index is -0.222. The van der Waals surface area contributed by atoms with Gasteiger partial charge in [-0.15, -0.1) is 0 Å². The average molecular weight is 297 g/mol. The molecule has 0 saturated heterocycles. The van der Waals surface area contributed by atoms with Gasteiger partial charge in [-0.1, -0.05) is 11.6 Å². The average Bonchev–Trinajstić information content (AvgIpc) is 2.53. The zero-order valence-electron chi connectivity index (χ0n) is 10.8. The molecule has 0 fully saturated rings. The Morgan fingerprint density at radius 1 is 1.05 bits per heavy atom. The van der Waals surface area contributed by atoms with Gasteiger partial charge in [0.1, 0.15) is 5.75 Å². The first-order valence-electron chi connectivity index (χ1n) is 6.00. The molecule has 102 valence electrons. The number of benzene rings is 2. The lowest BCUT2D eigenvalue weighted by molar-refractivity contribution is 0.0921. The summed E-state index contributed by atoms with van der Waals surface area (Å²) in [5.41, 5.74) is 1.37. The van der Waals surface area contributed by atoms with E-state index < -0.39 is 0 Å². The Balaban J connectivity index is 2.04. The maximum absolute atomic E-state index is 11.9. The first-order chi connectivity index (χ1) is 10.1. The molecule has 21 heavy (non-hydrogen) atoms. The topological polar surface area (TPSA) is 73.9 Å². The van der Waals surface area contributed by atoms with E-state index in [9.17, 15) is 4.79 Å². The second kappa shape index (κ2) is 6.56. The van der Waals surface area contributed by atoms with Gasteiger partial charge in [0.25, 0.3) is 0 Å².